The van der Waals surface area contributed by atoms with Crippen LogP contribution in [0.3, 0.4) is 0 Å². The minimum atomic E-state index is 0.201. The molecule has 3 heteroatoms. The van der Waals surface area contributed by atoms with E-state index in [9.17, 15) is 0 Å². The summed E-state index contributed by atoms with van der Waals surface area (Å²) in [6.45, 7) is 6.56. The highest BCUT2D eigenvalue weighted by Crippen LogP contribution is 2.35. The van der Waals surface area contributed by atoms with Crippen molar-refractivity contribution in [2.24, 2.45) is 17.6 Å². The fourth-order valence-corrected chi connectivity index (χ4v) is 3.35. The van der Waals surface area contributed by atoms with Crippen LogP contribution in [0.2, 0.25) is 0 Å². The minimum absolute atomic E-state index is 0.201. The maximum atomic E-state index is 6.42. The Labute approximate surface area is 122 Å². The third-order valence-electron chi connectivity index (χ3n) is 4.74. The Hall–Kier alpha value is -1.06. The van der Waals surface area contributed by atoms with Gasteiger partial charge in [0.15, 0.2) is 0 Å². The number of hydrogen-bond acceptors (Lipinski definition) is 3. The van der Waals surface area contributed by atoms with Crippen LogP contribution in [0.1, 0.15) is 32.8 Å². The summed E-state index contributed by atoms with van der Waals surface area (Å²) in [4.78, 5) is 0. The van der Waals surface area contributed by atoms with Crippen molar-refractivity contribution in [2.75, 3.05) is 7.11 Å². The Morgan fingerprint density at radius 3 is 2.30 bits per heavy atom. The molecule has 0 aliphatic carbocycles. The summed E-state index contributed by atoms with van der Waals surface area (Å²) in [5.74, 6) is 1.90. The summed E-state index contributed by atoms with van der Waals surface area (Å²) in [6, 6.07) is 8.45. The van der Waals surface area contributed by atoms with E-state index in [0.717, 1.165) is 18.6 Å². The van der Waals surface area contributed by atoms with Gasteiger partial charge in [0.25, 0.3) is 0 Å². The van der Waals surface area contributed by atoms with Crippen LogP contribution in [0.15, 0.2) is 24.3 Å². The Morgan fingerprint density at radius 1 is 1.15 bits per heavy atom. The summed E-state index contributed by atoms with van der Waals surface area (Å²) >= 11 is 0. The largest absolute Gasteiger partial charge is 0.497 e. The molecular formula is C17H27NO2. The fourth-order valence-electron chi connectivity index (χ4n) is 3.35. The lowest BCUT2D eigenvalue weighted by atomic mass is 9.82. The number of benzene rings is 1. The van der Waals surface area contributed by atoms with Gasteiger partial charge < -0.3 is 15.2 Å². The van der Waals surface area contributed by atoms with Gasteiger partial charge in [-0.3, -0.25) is 0 Å². The molecule has 1 saturated heterocycles. The number of aryl methyl sites for hydroxylation is 1. The van der Waals surface area contributed by atoms with Crippen molar-refractivity contribution in [3.8, 4) is 5.75 Å². The molecule has 1 aromatic rings. The first-order valence-electron chi connectivity index (χ1n) is 7.57. The smallest absolute Gasteiger partial charge is 0.118 e. The summed E-state index contributed by atoms with van der Waals surface area (Å²) in [5.41, 5.74) is 7.73. The Morgan fingerprint density at radius 2 is 1.80 bits per heavy atom. The molecule has 5 atom stereocenters. The zero-order chi connectivity index (χ0) is 14.7. The number of nitrogens with two attached hydrogens (primary N) is 1. The van der Waals surface area contributed by atoms with Crippen LogP contribution in [0, 0.1) is 11.8 Å². The molecule has 0 spiro atoms. The van der Waals surface area contributed by atoms with Crippen LogP contribution in [0.25, 0.3) is 0 Å². The lowest BCUT2D eigenvalue weighted by Gasteiger charge is -2.25. The van der Waals surface area contributed by atoms with Gasteiger partial charge in [0, 0.05) is 12.0 Å². The molecule has 20 heavy (non-hydrogen) atoms. The summed E-state index contributed by atoms with van der Waals surface area (Å²) in [6.07, 6.45) is 2.60. The topological polar surface area (TPSA) is 44.5 Å². The van der Waals surface area contributed by atoms with E-state index in [1.165, 1.54) is 5.56 Å². The van der Waals surface area contributed by atoms with Crippen LogP contribution < -0.4 is 10.5 Å². The standard InChI is InChI=1S/C17H27NO2/c1-11-12(2)20-13(3)17(11)16(18)10-7-14-5-8-15(19-4)9-6-14/h5-6,8-9,11-13,16-17H,7,10,18H2,1-4H3. The fraction of sp³-hybridized carbons (Fsp3) is 0.647. The van der Waals surface area contributed by atoms with Gasteiger partial charge >= 0.3 is 0 Å². The third kappa shape index (κ3) is 3.33. The number of rotatable bonds is 5. The van der Waals surface area contributed by atoms with E-state index >= 15 is 0 Å². The molecule has 1 fully saturated rings. The second-order valence-corrected chi connectivity index (χ2v) is 6.03. The van der Waals surface area contributed by atoms with Crippen molar-refractivity contribution < 1.29 is 9.47 Å². The molecule has 0 saturated carbocycles. The van der Waals surface area contributed by atoms with Gasteiger partial charge in [0.1, 0.15) is 5.75 Å². The van der Waals surface area contributed by atoms with Gasteiger partial charge in [0.05, 0.1) is 19.3 Å². The molecule has 0 amide bonds. The SMILES string of the molecule is COc1ccc(CCC(N)C2C(C)OC(C)C2C)cc1. The van der Waals surface area contributed by atoms with Gasteiger partial charge in [-0.25, -0.2) is 0 Å². The van der Waals surface area contributed by atoms with Crippen LogP contribution >= 0.6 is 0 Å². The quantitative estimate of drug-likeness (QED) is 0.899. The first-order chi connectivity index (χ1) is 9.52. The molecule has 112 valence electrons. The summed E-state index contributed by atoms with van der Waals surface area (Å²) in [7, 11) is 1.69. The zero-order valence-electron chi connectivity index (χ0n) is 13.0. The normalized spacial score (nSPS) is 31.2. The zero-order valence-corrected chi connectivity index (χ0v) is 13.0. The Bertz CT molecular complexity index is 418. The molecule has 1 aromatic carbocycles. The highest BCUT2D eigenvalue weighted by atomic mass is 16.5. The Balaban J connectivity index is 1.89. The highest BCUT2D eigenvalue weighted by Gasteiger charge is 2.39. The lowest BCUT2D eigenvalue weighted by molar-refractivity contribution is 0.0487. The lowest BCUT2D eigenvalue weighted by Crippen LogP contribution is -2.38. The van der Waals surface area contributed by atoms with Gasteiger partial charge in [-0.05, 0) is 50.3 Å². The predicted molar refractivity (Wildman–Crippen MR) is 82.0 cm³/mol. The molecule has 2 N–H and O–H groups in total. The summed E-state index contributed by atoms with van der Waals surface area (Å²) < 4.78 is 11.1. The first kappa shape index (κ1) is 15.3. The number of methoxy groups -OCH3 is 1. The van der Waals surface area contributed by atoms with Crippen molar-refractivity contribution in [1.29, 1.82) is 0 Å². The van der Waals surface area contributed by atoms with E-state index in [4.69, 9.17) is 15.2 Å². The molecule has 1 aliphatic heterocycles. The second kappa shape index (κ2) is 6.59. The van der Waals surface area contributed by atoms with Crippen molar-refractivity contribution in [3.63, 3.8) is 0 Å². The average Bonchev–Trinajstić information content (AvgIpc) is 2.70. The predicted octanol–water partition coefficient (Wildman–Crippen LogP) is 3.01. The van der Waals surface area contributed by atoms with Gasteiger partial charge in [-0.15, -0.1) is 0 Å². The van der Waals surface area contributed by atoms with E-state index in [2.05, 4.69) is 32.9 Å². The van der Waals surface area contributed by atoms with Gasteiger partial charge in [-0.1, -0.05) is 19.1 Å². The van der Waals surface area contributed by atoms with Gasteiger partial charge in [-0.2, -0.15) is 0 Å². The average molecular weight is 277 g/mol. The molecular weight excluding hydrogens is 250 g/mol. The van der Waals surface area contributed by atoms with E-state index in [1.54, 1.807) is 7.11 Å². The van der Waals surface area contributed by atoms with E-state index in [1.807, 2.05) is 12.1 Å². The van der Waals surface area contributed by atoms with Crippen LogP contribution in [-0.2, 0) is 11.2 Å². The minimum Gasteiger partial charge on any atom is -0.497 e. The van der Waals surface area contributed by atoms with E-state index in [-0.39, 0.29) is 12.1 Å². The number of hydrogen-bond donors (Lipinski definition) is 1. The van der Waals surface area contributed by atoms with Crippen LogP contribution in [0.4, 0.5) is 0 Å². The van der Waals surface area contributed by atoms with Crippen LogP contribution in [0.5, 0.6) is 5.75 Å². The Kier molecular flexibility index (Phi) is 5.06. The first-order valence-corrected chi connectivity index (χ1v) is 7.57. The molecule has 3 nitrogen and oxygen atoms in total. The maximum Gasteiger partial charge on any atom is 0.118 e. The van der Waals surface area contributed by atoms with E-state index < -0.39 is 0 Å². The monoisotopic (exact) mass is 277 g/mol. The van der Waals surface area contributed by atoms with Crippen LogP contribution in [-0.4, -0.2) is 25.4 Å². The second-order valence-electron chi connectivity index (χ2n) is 6.03. The molecule has 5 unspecified atom stereocenters. The molecule has 0 aromatic heterocycles. The molecule has 2 rings (SSSR count). The van der Waals surface area contributed by atoms with Gasteiger partial charge in [0.2, 0.25) is 0 Å². The van der Waals surface area contributed by atoms with E-state index in [0.29, 0.717) is 17.9 Å². The maximum absolute atomic E-state index is 6.42. The number of ether oxygens (including phenoxy) is 2. The summed E-state index contributed by atoms with van der Waals surface area (Å²) in [5, 5.41) is 0. The molecule has 1 heterocycles. The third-order valence-corrected chi connectivity index (χ3v) is 4.74. The van der Waals surface area contributed by atoms with Crippen molar-refractivity contribution in [2.45, 2.75) is 51.9 Å². The molecule has 0 bridgehead atoms. The highest BCUT2D eigenvalue weighted by molar-refractivity contribution is 5.27. The van der Waals surface area contributed by atoms with Crippen molar-refractivity contribution in [1.82, 2.24) is 0 Å². The van der Waals surface area contributed by atoms with Crippen molar-refractivity contribution >= 4 is 0 Å². The van der Waals surface area contributed by atoms with Crippen molar-refractivity contribution in [3.05, 3.63) is 29.8 Å². The molecule has 1 aliphatic rings. The molecule has 0 radical (unpaired) electrons.